The van der Waals surface area contributed by atoms with Gasteiger partial charge in [-0.2, -0.15) is 0 Å². The van der Waals surface area contributed by atoms with Gasteiger partial charge in [-0.1, -0.05) is 21.1 Å². The van der Waals surface area contributed by atoms with E-state index in [-0.39, 0.29) is 5.82 Å². The van der Waals surface area contributed by atoms with Crippen LogP contribution in [0.3, 0.4) is 0 Å². The standard InChI is InChI=1S/C18H23BrFN5O/c1-21-18(22-6-4-14-12-15(19)2-3-17(14)20)25-9-7-24(8-10-25)13-16-5-11-26-23-16/h2-3,5,11-12H,4,6-10,13H2,1H3,(H,21,22). The number of benzene rings is 1. The highest BCUT2D eigenvalue weighted by atomic mass is 79.9. The van der Waals surface area contributed by atoms with Crippen molar-refractivity contribution in [2.45, 2.75) is 13.0 Å². The maximum atomic E-state index is 13.8. The van der Waals surface area contributed by atoms with Gasteiger partial charge in [0, 0.05) is 56.9 Å². The number of aromatic nitrogens is 1. The van der Waals surface area contributed by atoms with E-state index in [0.717, 1.165) is 48.8 Å². The van der Waals surface area contributed by atoms with E-state index in [2.05, 4.69) is 41.2 Å². The SMILES string of the molecule is CN=C(NCCc1cc(Br)ccc1F)N1CCN(Cc2ccon2)CC1. The number of halogens is 2. The molecule has 0 atom stereocenters. The highest BCUT2D eigenvalue weighted by molar-refractivity contribution is 9.10. The zero-order chi connectivity index (χ0) is 18.4. The number of aliphatic imine (C=N–C) groups is 1. The Hall–Kier alpha value is -1.93. The summed E-state index contributed by atoms with van der Waals surface area (Å²) < 4.78 is 19.6. The Kier molecular flexibility index (Phi) is 6.62. The molecule has 3 rings (SSSR count). The molecule has 1 aliphatic rings. The summed E-state index contributed by atoms with van der Waals surface area (Å²) >= 11 is 3.39. The normalized spacial score (nSPS) is 16.1. The molecule has 0 radical (unpaired) electrons. The first-order valence-corrected chi connectivity index (χ1v) is 9.46. The van der Waals surface area contributed by atoms with Crippen LogP contribution in [0.15, 0.2) is 44.5 Å². The maximum Gasteiger partial charge on any atom is 0.193 e. The third-order valence-corrected chi connectivity index (χ3v) is 4.94. The van der Waals surface area contributed by atoms with Crippen LogP contribution in [0, 0.1) is 5.82 Å². The third-order valence-electron chi connectivity index (χ3n) is 4.45. The molecule has 2 heterocycles. The number of rotatable bonds is 5. The summed E-state index contributed by atoms with van der Waals surface area (Å²) in [5, 5.41) is 7.31. The lowest BCUT2D eigenvalue weighted by Gasteiger charge is -2.36. The fourth-order valence-electron chi connectivity index (χ4n) is 3.04. The van der Waals surface area contributed by atoms with Crippen LogP contribution in [0.25, 0.3) is 0 Å². The van der Waals surface area contributed by atoms with E-state index < -0.39 is 0 Å². The van der Waals surface area contributed by atoms with E-state index in [4.69, 9.17) is 4.52 Å². The quantitative estimate of drug-likeness (QED) is 0.591. The van der Waals surface area contributed by atoms with Crippen LogP contribution in [0.1, 0.15) is 11.3 Å². The van der Waals surface area contributed by atoms with Gasteiger partial charge in [0.1, 0.15) is 12.1 Å². The van der Waals surface area contributed by atoms with Crippen molar-refractivity contribution in [3.63, 3.8) is 0 Å². The van der Waals surface area contributed by atoms with Gasteiger partial charge in [-0.25, -0.2) is 4.39 Å². The minimum absolute atomic E-state index is 0.175. The van der Waals surface area contributed by atoms with Crippen LogP contribution in [0.2, 0.25) is 0 Å². The molecule has 1 N–H and O–H groups in total. The number of hydrogen-bond acceptors (Lipinski definition) is 4. The molecular formula is C18H23BrFN5O. The maximum absolute atomic E-state index is 13.8. The molecule has 26 heavy (non-hydrogen) atoms. The molecule has 1 aromatic heterocycles. The predicted octanol–water partition coefficient (Wildman–Crippen LogP) is 2.51. The Morgan fingerprint density at radius 2 is 2.12 bits per heavy atom. The van der Waals surface area contributed by atoms with Gasteiger partial charge < -0.3 is 14.7 Å². The molecule has 1 saturated heterocycles. The zero-order valence-corrected chi connectivity index (χ0v) is 16.4. The Balaban J connectivity index is 1.45. The van der Waals surface area contributed by atoms with Gasteiger partial charge >= 0.3 is 0 Å². The second-order valence-electron chi connectivity index (χ2n) is 6.21. The summed E-state index contributed by atoms with van der Waals surface area (Å²) in [5.41, 5.74) is 1.65. The summed E-state index contributed by atoms with van der Waals surface area (Å²) in [4.78, 5) is 8.94. The van der Waals surface area contributed by atoms with Gasteiger partial charge in [0.05, 0.1) is 5.69 Å². The number of piperazine rings is 1. The molecule has 0 unspecified atom stereocenters. The van der Waals surface area contributed by atoms with Crippen molar-refractivity contribution in [3.05, 3.63) is 52.1 Å². The molecule has 0 bridgehead atoms. The molecule has 0 spiro atoms. The molecule has 6 nitrogen and oxygen atoms in total. The van der Waals surface area contributed by atoms with Gasteiger partial charge in [0.15, 0.2) is 5.96 Å². The van der Waals surface area contributed by atoms with E-state index in [1.165, 1.54) is 6.07 Å². The zero-order valence-electron chi connectivity index (χ0n) is 14.8. The van der Waals surface area contributed by atoms with Crippen LogP contribution < -0.4 is 5.32 Å². The number of nitrogens with zero attached hydrogens (tertiary/aromatic N) is 4. The van der Waals surface area contributed by atoms with Crippen LogP contribution in [0.5, 0.6) is 0 Å². The Bertz CT molecular complexity index is 729. The molecule has 0 aliphatic carbocycles. The highest BCUT2D eigenvalue weighted by Gasteiger charge is 2.20. The highest BCUT2D eigenvalue weighted by Crippen LogP contribution is 2.15. The van der Waals surface area contributed by atoms with Gasteiger partial charge in [0.2, 0.25) is 0 Å². The van der Waals surface area contributed by atoms with Crippen molar-refractivity contribution in [1.82, 2.24) is 20.3 Å². The smallest absolute Gasteiger partial charge is 0.193 e. The molecule has 0 saturated carbocycles. The monoisotopic (exact) mass is 423 g/mol. The van der Waals surface area contributed by atoms with Gasteiger partial charge in [-0.15, -0.1) is 0 Å². The summed E-state index contributed by atoms with van der Waals surface area (Å²) in [7, 11) is 1.78. The molecule has 2 aromatic rings. The van der Waals surface area contributed by atoms with Crippen molar-refractivity contribution >= 4 is 21.9 Å². The van der Waals surface area contributed by atoms with Gasteiger partial charge in [-0.05, 0) is 30.2 Å². The second kappa shape index (κ2) is 9.14. The largest absolute Gasteiger partial charge is 0.364 e. The molecule has 1 aliphatic heterocycles. The van der Waals surface area contributed by atoms with E-state index in [9.17, 15) is 4.39 Å². The predicted molar refractivity (Wildman–Crippen MR) is 103 cm³/mol. The van der Waals surface area contributed by atoms with Crippen molar-refractivity contribution in [3.8, 4) is 0 Å². The van der Waals surface area contributed by atoms with Gasteiger partial charge in [-0.3, -0.25) is 9.89 Å². The Labute approximate surface area is 161 Å². The number of hydrogen-bond donors (Lipinski definition) is 1. The van der Waals surface area contributed by atoms with E-state index >= 15 is 0 Å². The van der Waals surface area contributed by atoms with Crippen LogP contribution in [-0.4, -0.2) is 60.7 Å². The number of guanidine groups is 1. The Morgan fingerprint density at radius 3 is 2.81 bits per heavy atom. The molecule has 1 aromatic carbocycles. The number of nitrogens with one attached hydrogen (secondary N) is 1. The fourth-order valence-corrected chi connectivity index (χ4v) is 3.45. The lowest BCUT2D eigenvalue weighted by atomic mass is 10.1. The summed E-state index contributed by atoms with van der Waals surface area (Å²) in [6.07, 6.45) is 2.21. The minimum Gasteiger partial charge on any atom is -0.364 e. The lowest BCUT2D eigenvalue weighted by molar-refractivity contribution is 0.169. The molecule has 8 heteroatoms. The molecule has 140 valence electrons. The second-order valence-corrected chi connectivity index (χ2v) is 7.13. The van der Waals surface area contributed by atoms with Crippen LogP contribution in [0.4, 0.5) is 4.39 Å². The molecule has 1 fully saturated rings. The van der Waals surface area contributed by atoms with Crippen molar-refractivity contribution < 1.29 is 8.91 Å². The van der Waals surface area contributed by atoms with Crippen molar-refractivity contribution in [2.75, 3.05) is 39.8 Å². The van der Waals surface area contributed by atoms with E-state index in [1.807, 2.05) is 12.1 Å². The summed E-state index contributed by atoms with van der Waals surface area (Å²) in [6, 6.07) is 6.92. The topological polar surface area (TPSA) is 56.9 Å². The minimum atomic E-state index is -0.175. The summed E-state index contributed by atoms with van der Waals surface area (Å²) in [6.45, 7) is 5.10. The Morgan fingerprint density at radius 1 is 1.31 bits per heavy atom. The van der Waals surface area contributed by atoms with Gasteiger partial charge in [0.25, 0.3) is 0 Å². The third kappa shape index (κ3) is 5.04. The average Bonchev–Trinajstić information content (AvgIpc) is 3.15. The summed E-state index contributed by atoms with van der Waals surface area (Å²) in [5.74, 6) is 0.688. The van der Waals surface area contributed by atoms with Crippen molar-refractivity contribution in [1.29, 1.82) is 0 Å². The fraction of sp³-hybridized carbons (Fsp3) is 0.444. The van der Waals surface area contributed by atoms with Crippen molar-refractivity contribution in [2.24, 2.45) is 4.99 Å². The average molecular weight is 424 g/mol. The lowest BCUT2D eigenvalue weighted by Crippen LogP contribution is -2.52. The van der Waals surface area contributed by atoms with E-state index in [1.54, 1.807) is 19.4 Å². The molecule has 0 amide bonds. The first-order chi connectivity index (χ1) is 12.7. The van der Waals surface area contributed by atoms with E-state index in [0.29, 0.717) is 18.5 Å². The van der Waals surface area contributed by atoms with Crippen LogP contribution in [-0.2, 0) is 13.0 Å². The first kappa shape index (κ1) is 18.8. The molecular weight excluding hydrogens is 401 g/mol. The first-order valence-electron chi connectivity index (χ1n) is 8.67. The van der Waals surface area contributed by atoms with Crippen LogP contribution >= 0.6 is 15.9 Å².